The number of amides is 1. The highest BCUT2D eigenvalue weighted by atomic mass is 16.3. The van der Waals surface area contributed by atoms with Gasteiger partial charge < -0.3 is 24.9 Å². The minimum absolute atomic E-state index is 0.0403. The molecule has 3 N–H and O–H groups in total. The van der Waals surface area contributed by atoms with Crippen LogP contribution in [-0.2, 0) is 6.54 Å². The lowest BCUT2D eigenvalue weighted by atomic mass is 9.93. The van der Waals surface area contributed by atoms with Crippen molar-refractivity contribution in [3.05, 3.63) is 46.9 Å². The summed E-state index contributed by atoms with van der Waals surface area (Å²) in [6.07, 6.45) is 5.77. The first kappa shape index (κ1) is 23.7. The topological polar surface area (TPSA) is 134 Å². The molecule has 194 valence electrons. The zero-order chi connectivity index (χ0) is 25.5. The number of hydrogen-bond acceptors (Lipinski definition) is 7. The molecule has 0 unspecified atom stereocenters. The Balaban J connectivity index is 1.24. The van der Waals surface area contributed by atoms with Crippen LogP contribution in [0.3, 0.4) is 0 Å². The normalized spacial score (nSPS) is 21.1. The van der Waals surface area contributed by atoms with Crippen molar-refractivity contribution in [2.75, 3.05) is 18.0 Å². The highest BCUT2D eigenvalue weighted by molar-refractivity contribution is 5.96. The number of piperidine rings is 1. The molecule has 0 spiro atoms. The van der Waals surface area contributed by atoms with Crippen LogP contribution in [0.1, 0.15) is 62.1 Å². The van der Waals surface area contributed by atoms with Crippen LogP contribution >= 0.6 is 0 Å². The minimum atomic E-state index is -0.273. The summed E-state index contributed by atoms with van der Waals surface area (Å²) in [4.78, 5) is 44.8. The van der Waals surface area contributed by atoms with Gasteiger partial charge >= 0.3 is 5.69 Å². The van der Waals surface area contributed by atoms with E-state index in [1.807, 2.05) is 40.3 Å². The smallest absolute Gasteiger partial charge is 0.326 e. The summed E-state index contributed by atoms with van der Waals surface area (Å²) in [6.45, 7) is 3.97. The van der Waals surface area contributed by atoms with Crippen LogP contribution in [0.4, 0.5) is 5.82 Å². The molecule has 1 saturated heterocycles. The third kappa shape index (κ3) is 4.26. The summed E-state index contributed by atoms with van der Waals surface area (Å²) >= 11 is 0. The first-order valence-corrected chi connectivity index (χ1v) is 13.2. The molecule has 1 aliphatic heterocycles. The first-order chi connectivity index (χ1) is 18.0. The Morgan fingerprint density at radius 3 is 2.62 bits per heavy atom. The summed E-state index contributed by atoms with van der Waals surface area (Å²) in [5.41, 5.74) is 2.98. The molecule has 2 fully saturated rings. The van der Waals surface area contributed by atoms with E-state index in [0.717, 1.165) is 42.5 Å². The average Bonchev–Trinajstić information content (AvgIpc) is 3.47. The summed E-state index contributed by atoms with van der Waals surface area (Å²) in [5, 5.41) is 12.9. The molecule has 0 bridgehead atoms. The van der Waals surface area contributed by atoms with Gasteiger partial charge in [0, 0.05) is 31.7 Å². The predicted octanol–water partition coefficient (Wildman–Crippen LogP) is 2.36. The molecule has 3 aromatic heterocycles. The van der Waals surface area contributed by atoms with Crippen molar-refractivity contribution >= 4 is 33.9 Å². The van der Waals surface area contributed by atoms with Gasteiger partial charge in [-0.25, -0.2) is 19.7 Å². The Labute approximate surface area is 213 Å². The lowest BCUT2D eigenvalue weighted by Crippen LogP contribution is -2.39. The molecule has 0 radical (unpaired) electrons. The fraction of sp³-hybridized carbons (Fsp3) is 0.500. The second kappa shape index (κ2) is 9.62. The van der Waals surface area contributed by atoms with Gasteiger partial charge in [-0.15, -0.1) is 0 Å². The van der Waals surface area contributed by atoms with E-state index in [2.05, 4.69) is 25.2 Å². The fourth-order valence-electron chi connectivity index (χ4n) is 5.87. The van der Waals surface area contributed by atoms with Crippen LogP contribution < -0.4 is 15.9 Å². The molecule has 37 heavy (non-hydrogen) atoms. The SMILES string of the molecule is CCn1c(C(=O)N[C@H]2CC[C@H](O)CC2)nc2c(N3CCC(n4c(=O)[nH]c5ccccc54)CC3)ncnc21. The number of carbonyl (C=O) groups is 1. The number of H-pyrrole nitrogens is 1. The largest absolute Gasteiger partial charge is 0.393 e. The lowest BCUT2D eigenvalue weighted by molar-refractivity contribution is 0.0855. The molecule has 0 atom stereocenters. The Hall–Kier alpha value is -3.73. The van der Waals surface area contributed by atoms with Gasteiger partial charge in [-0.1, -0.05) is 12.1 Å². The zero-order valence-corrected chi connectivity index (χ0v) is 20.9. The third-order valence-corrected chi connectivity index (χ3v) is 7.82. The van der Waals surface area contributed by atoms with Crippen LogP contribution in [0.2, 0.25) is 0 Å². The van der Waals surface area contributed by atoms with Crippen molar-refractivity contribution < 1.29 is 9.90 Å². The molecule has 1 aromatic carbocycles. The Morgan fingerprint density at radius 1 is 1.11 bits per heavy atom. The Bertz CT molecular complexity index is 1490. The number of imidazole rings is 2. The standard InChI is InChI=1S/C26H32N8O3/c1-2-33-23-21(31-24(33)25(36)29-16-7-9-18(35)10-8-16)22(27-15-28-23)32-13-11-17(12-14-32)34-20-6-4-3-5-19(20)30-26(34)37/h3-6,15-18,35H,2,7-14H2,1H3,(H,29,36)(H,30,37)/t16-,18-. The molecule has 1 amide bonds. The zero-order valence-electron chi connectivity index (χ0n) is 20.9. The lowest BCUT2D eigenvalue weighted by Gasteiger charge is -2.33. The monoisotopic (exact) mass is 504 g/mol. The van der Waals surface area contributed by atoms with Gasteiger partial charge in [-0.2, -0.15) is 0 Å². The van der Waals surface area contributed by atoms with Crippen LogP contribution in [0.15, 0.2) is 35.4 Å². The number of nitrogens with zero attached hydrogens (tertiary/aromatic N) is 6. The Morgan fingerprint density at radius 2 is 1.86 bits per heavy atom. The van der Waals surface area contributed by atoms with Gasteiger partial charge in [-0.05, 0) is 57.6 Å². The fourth-order valence-corrected chi connectivity index (χ4v) is 5.87. The van der Waals surface area contributed by atoms with Gasteiger partial charge in [0.1, 0.15) is 6.33 Å². The summed E-state index contributed by atoms with van der Waals surface area (Å²) < 4.78 is 3.71. The van der Waals surface area contributed by atoms with Crippen LogP contribution in [0.5, 0.6) is 0 Å². The number of aliphatic hydroxyl groups is 1. The number of hydrogen-bond donors (Lipinski definition) is 3. The van der Waals surface area contributed by atoms with Gasteiger partial charge in [0.2, 0.25) is 5.82 Å². The van der Waals surface area contributed by atoms with Gasteiger partial charge in [0.15, 0.2) is 17.0 Å². The van der Waals surface area contributed by atoms with E-state index in [-0.39, 0.29) is 29.8 Å². The average molecular weight is 505 g/mol. The van der Waals surface area contributed by atoms with E-state index >= 15 is 0 Å². The van der Waals surface area contributed by atoms with Crippen molar-refractivity contribution in [1.82, 2.24) is 34.4 Å². The number of aliphatic hydroxyl groups excluding tert-OH is 1. The van der Waals surface area contributed by atoms with Crippen molar-refractivity contribution in [2.24, 2.45) is 0 Å². The number of carbonyl (C=O) groups excluding carboxylic acids is 1. The number of benzene rings is 1. The maximum atomic E-state index is 13.2. The molecule has 4 heterocycles. The van der Waals surface area contributed by atoms with Crippen molar-refractivity contribution in [2.45, 2.75) is 70.2 Å². The molecular formula is C26H32N8O3. The Kier molecular flexibility index (Phi) is 6.15. The highest BCUT2D eigenvalue weighted by Gasteiger charge is 2.29. The summed E-state index contributed by atoms with van der Waals surface area (Å²) in [6, 6.07) is 7.92. The minimum Gasteiger partial charge on any atom is -0.393 e. The van der Waals surface area contributed by atoms with Crippen molar-refractivity contribution in [3.8, 4) is 0 Å². The molecule has 11 nitrogen and oxygen atoms in total. The van der Waals surface area contributed by atoms with E-state index in [1.165, 1.54) is 6.33 Å². The maximum absolute atomic E-state index is 13.2. The molecular weight excluding hydrogens is 472 g/mol. The van der Waals surface area contributed by atoms with E-state index in [1.54, 1.807) is 0 Å². The second-order valence-electron chi connectivity index (χ2n) is 10.1. The van der Waals surface area contributed by atoms with E-state index in [9.17, 15) is 14.7 Å². The molecule has 1 saturated carbocycles. The molecule has 6 rings (SSSR count). The van der Waals surface area contributed by atoms with E-state index in [0.29, 0.717) is 49.5 Å². The number of fused-ring (bicyclic) bond motifs is 2. The first-order valence-electron chi connectivity index (χ1n) is 13.2. The summed E-state index contributed by atoms with van der Waals surface area (Å²) in [7, 11) is 0. The number of anilines is 1. The van der Waals surface area contributed by atoms with Gasteiger partial charge in [0.05, 0.1) is 17.1 Å². The number of rotatable bonds is 5. The second-order valence-corrected chi connectivity index (χ2v) is 10.1. The number of aromatic nitrogens is 6. The number of para-hydroxylation sites is 2. The number of aromatic amines is 1. The van der Waals surface area contributed by atoms with Gasteiger partial charge in [-0.3, -0.25) is 9.36 Å². The molecule has 2 aliphatic rings. The number of aryl methyl sites for hydroxylation is 1. The maximum Gasteiger partial charge on any atom is 0.326 e. The quantitative estimate of drug-likeness (QED) is 0.380. The van der Waals surface area contributed by atoms with Crippen molar-refractivity contribution in [1.29, 1.82) is 0 Å². The molecule has 4 aromatic rings. The van der Waals surface area contributed by atoms with Crippen LogP contribution in [0, 0.1) is 0 Å². The highest BCUT2D eigenvalue weighted by Crippen LogP contribution is 2.30. The van der Waals surface area contributed by atoms with Crippen LogP contribution in [-0.4, -0.2) is 65.3 Å². The number of nitrogens with one attached hydrogen (secondary N) is 2. The third-order valence-electron chi connectivity index (χ3n) is 7.82. The van der Waals surface area contributed by atoms with Crippen LogP contribution in [0.25, 0.3) is 22.2 Å². The molecule has 1 aliphatic carbocycles. The van der Waals surface area contributed by atoms with Crippen molar-refractivity contribution in [3.63, 3.8) is 0 Å². The van der Waals surface area contributed by atoms with E-state index < -0.39 is 0 Å². The summed E-state index contributed by atoms with van der Waals surface area (Å²) in [5.74, 6) is 0.840. The van der Waals surface area contributed by atoms with Gasteiger partial charge in [0.25, 0.3) is 5.91 Å². The predicted molar refractivity (Wildman–Crippen MR) is 140 cm³/mol. The molecule has 11 heteroatoms. The van der Waals surface area contributed by atoms with E-state index in [4.69, 9.17) is 4.98 Å².